The molecule has 0 amide bonds. The van der Waals surface area contributed by atoms with Crippen LogP contribution in [0.2, 0.25) is 0 Å². The summed E-state index contributed by atoms with van der Waals surface area (Å²) in [6, 6.07) is 0. The Morgan fingerprint density at radius 3 is 2.12 bits per heavy atom. The van der Waals surface area contributed by atoms with Crippen LogP contribution >= 0.6 is 10.9 Å². The van der Waals surface area contributed by atoms with Crippen molar-refractivity contribution in [2.45, 2.75) is 12.2 Å². The van der Waals surface area contributed by atoms with Crippen molar-refractivity contribution in [1.82, 2.24) is 0 Å². The molecule has 0 N–H and O–H groups in total. The summed E-state index contributed by atoms with van der Waals surface area (Å²) in [5.74, 6) is 0. The van der Waals surface area contributed by atoms with Gasteiger partial charge in [0.25, 0.3) is 0 Å². The Morgan fingerprint density at radius 1 is 1.38 bits per heavy atom. The Bertz CT molecular complexity index is 110. The average molecular weight is 127 g/mol. The molecule has 0 saturated carbocycles. The summed E-state index contributed by atoms with van der Waals surface area (Å²) in [6.45, 7) is 6.11. The molecule has 0 aromatic rings. The molecule has 0 aromatic heterocycles. The third-order valence-corrected chi connectivity index (χ3v) is 3.19. The molecule has 0 nitrogen and oxygen atoms in total. The topological polar surface area (TPSA) is 0 Å². The lowest BCUT2D eigenvalue weighted by Gasteiger charge is -2.12. The fourth-order valence-corrected chi connectivity index (χ4v) is 1.93. The molecule has 8 heavy (non-hydrogen) atoms. The summed E-state index contributed by atoms with van der Waals surface area (Å²) in [5, 5.41) is 5.07. The van der Waals surface area contributed by atoms with E-state index in [0.717, 1.165) is 0 Å². The van der Waals surface area contributed by atoms with Gasteiger partial charge in [0.1, 0.15) is 0 Å². The molecule has 0 bridgehead atoms. The summed E-state index contributed by atoms with van der Waals surface area (Å²) < 4.78 is 0. The highest BCUT2D eigenvalue weighted by Crippen LogP contribution is 2.36. The summed E-state index contributed by atoms with van der Waals surface area (Å²) in [5.41, 5.74) is 0. The second-order valence-corrected chi connectivity index (χ2v) is 4.35. The molecule has 1 aliphatic heterocycles. The van der Waals surface area contributed by atoms with Crippen LogP contribution in [-0.2, 0) is 0 Å². The smallest absolute Gasteiger partial charge is 0.00979 e. The molecule has 0 aromatic carbocycles. The Kier molecular flexibility index (Phi) is 1.79. The zero-order chi connectivity index (χ0) is 5.98. The Balaban J connectivity index is 2.49. The molecule has 0 saturated heterocycles. The van der Waals surface area contributed by atoms with E-state index in [2.05, 4.69) is 36.8 Å². The fourth-order valence-electron chi connectivity index (χ4n) is 0.642. The van der Waals surface area contributed by atoms with Gasteiger partial charge in [-0.3, -0.25) is 0 Å². The zero-order valence-corrected chi connectivity index (χ0v) is 5.94. The molecular formula is C7H11S. The van der Waals surface area contributed by atoms with Crippen molar-refractivity contribution in [1.29, 1.82) is 0 Å². The van der Waals surface area contributed by atoms with Crippen molar-refractivity contribution < 1.29 is 0 Å². The summed E-state index contributed by atoms with van der Waals surface area (Å²) >= 11 is 0. The van der Waals surface area contributed by atoms with Crippen LogP contribution in [0.15, 0.2) is 23.0 Å². The number of allylic oxidation sites excluding steroid dienone is 2. The van der Waals surface area contributed by atoms with E-state index in [-0.39, 0.29) is 10.9 Å². The third kappa shape index (κ3) is 1.16. The number of hydrogen-bond acceptors (Lipinski definition) is 0. The normalized spacial score (nSPS) is 21.1. The standard InChI is InChI=1S/C7H11S/c1-7(2)8-5-3-4-6-8/h3-8H,1H2,2H3. The summed E-state index contributed by atoms with van der Waals surface area (Å²) in [4.78, 5) is 0. The Labute approximate surface area is 53.6 Å². The first kappa shape index (κ1) is 5.96. The lowest BCUT2D eigenvalue weighted by molar-refractivity contribution is 1.25. The first-order chi connectivity index (χ1) is 3.80. The second kappa shape index (κ2) is 2.40. The van der Waals surface area contributed by atoms with Crippen LogP contribution in [0.4, 0.5) is 0 Å². The SMILES string of the molecule is [CH2]C(C)[SH]1C=CC=C1. The predicted molar refractivity (Wildman–Crippen MR) is 42.1 cm³/mol. The second-order valence-electron chi connectivity index (χ2n) is 1.98. The van der Waals surface area contributed by atoms with Crippen molar-refractivity contribution in [2.24, 2.45) is 0 Å². The van der Waals surface area contributed by atoms with Crippen molar-refractivity contribution in [3.8, 4) is 0 Å². The van der Waals surface area contributed by atoms with E-state index in [1.807, 2.05) is 0 Å². The van der Waals surface area contributed by atoms with Crippen LogP contribution in [0.3, 0.4) is 0 Å². The van der Waals surface area contributed by atoms with Gasteiger partial charge >= 0.3 is 0 Å². The number of thiol groups is 1. The lowest BCUT2D eigenvalue weighted by atomic mass is 10.6. The maximum absolute atomic E-state index is 3.95. The van der Waals surface area contributed by atoms with Crippen LogP contribution in [0.25, 0.3) is 0 Å². The zero-order valence-electron chi connectivity index (χ0n) is 5.04. The average Bonchev–Trinajstić information content (AvgIpc) is 2.12. The third-order valence-electron chi connectivity index (χ3n) is 1.14. The van der Waals surface area contributed by atoms with E-state index in [9.17, 15) is 0 Å². The fraction of sp³-hybridized carbons (Fsp3) is 0.286. The molecule has 1 aliphatic rings. The van der Waals surface area contributed by atoms with E-state index in [4.69, 9.17) is 0 Å². The molecule has 1 atom stereocenters. The van der Waals surface area contributed by atoms with E-state index < -0.39 is 0 Å². The Hall–Kier alpha value is -0.170. The van der Waals surface area contributed by atoms with E-state index in [1.54, 1.807) is 0 Å². The predicted octanol–water partition coefficient (Wildman–Crippen LogP) is 2.25. The summed E-state index contributed by atoms with van der Waals surface area (Å²) in [7, 11) is 0.0237. The van der Waals surface area contributed by atoms with Crippen LogP contribution in [0.1, 0.15) is 6.92 Å². The van der Waals surface area contributed by atoms with E-state index in [0.29, 0.717) is 5.25 Å². The van der Waals surface area contributed by atoms with Gasteiger partial charge in [-0.15, -0.1) is 0 Å². The van der Waals surface area contributed by atoms with Gasteiger partial charge in [0.2, 0.25) is 0 Å². The minimum Gasteiger partial charge on any atom is -0.211 e. The highest BCUT2D eigenvalue weighted by atomic mass is 32.2. The minimum absolute atomic E-state index is 0.0237. The van der Waals surface area contributed by atoms with E-state index >= 15 is 0 Å². The highest BCUT2D eigenvalue weighted by Gasteiger charge is 2.01. The molecule has 0 fully saturated rings. The number of hydrogen-bond donors (Lipinski definition) is 1. The molecule has 1 heterocycles. The van der Waals surface area contributed by atoms with Gasteiger partial charge in [-0.25, -0.2) is 10.9 Å². The molecule has 1 heteroatoms. The highest BCUT2D eigenvalue weighted by molar-refractivity contribution is 8.22. The first-order valence-corrected chi connectivity index (χ1v) is 4.31. The van der Waals surface area contributed by atoms with Gasteiger partial charge in [-0.05, 0) is 23.0 Å². The van der Waals surface area contributed by atoms with Crippen LogP contribution in [0.5, 0.6) is 0 Å². The van der Waals surface area contributed by atoms with Crippen LogP contribution < -0.4 is 0 Å². The van der Waals surface area contributed by atoms with Crippen molar-refractivity contribution in [2.75, 3.05) is 0 Å². The van der Waals surface area contributed by atoms with Gasteiger partial charge in [-0.2, -0.15) is 0 Å². The maximum atomic E-state index is 3.95. The Morgan fingerprint density at radius 2 is 1.88 bits per heavy atom. The summed E-state index contributed by atoms with van der Waals surface area (Å²) in [6.07, 6.45) is 4.21. The molecule has 1 unspecified atom stereocenters. The molecular weight excluding hydrogens is 116 g/mol. The lowest BCUT2D eigenvalue weighted by Crippen LogP contribution is -1.89. The van der Waals surface area contributed by atoms with Crippen LogP contribution in [-0.4, -0.2) is 5.25 Å². The molecule has 0 spiro atoms. The molecule has 0 aliphatic carbocycles. The largest absolute Gasteiger partial charge is 0.211 e. The first-order valence-electron chi connectivity index (χ1n) is 2.76. The van der Waals surface area contributed by atoms with E-state index in [1.165, 1.54) is 0 Å². The van der Waals surface area contributed by atoms with Gasteiger partial charge < -0.3 is 0 Å². The molecule has 1 rings (SSSR count). The van der Waals surface area contributed by atoms with Crippen molar-refractivity contribution in [3.05, 3.63) is 29.9 Å². The minimum atomic E-state index is 0.0237. The molecule has 45 valence electrons. The number of rotatable bonds is 1. The maximum Gasteiger partial charge on any atom is -0.00979 e. The van der Waals surface area contributed by atoms with Crippen LogP contribution in [0, 0.1) is 6.92 Å². The van der Waals surface area contributed by atoms with Gasteiger partial charge in [0.15, 0.2) is 0 Å². The van der Waals surface area contributed by atoms with Gasteiger partial charge in [-0.1, -0.05) is 19.1 Å². The molecule has 1 radical (unpaired) electrons. The monoisotopic (exact) mass is 127 g/mol. The van der Waals surface area contributed by atoms with Crippen molar-refractivity contribution in [3.63, 3.8) is 0 Å². The van der Waals surface area contributed by atoms with Gasteiger partial charge in [0.05, 0.1) is 0 Å². The van der Waals surface area contributed by atoms with Crippen molar-refractivity contribution >= 4 is 10.9 Å². The quantitative estimate of drug-likeness (QED) is 0.513. The van der Waals surface area contributed by atoms with Gasteiger partial charge in [0, 0.05) is 0 Å².